The summed E-state index contributed by atoms with van der Waals surface area (Å²) in [4.78, 5) is 36.2. The van der Waals surface area contributed by atoms with Gasteiger partial charge >= 0.3 is 0 Å². The minimum atomic E-state index is -0.722. The second kappa shape index (κ2) is 7.46. The zero-order valence-electron chi connectivity index (χ0n) is 15.9. The molecule has 8 nitrogen and oxygen atoms in total. The number of rotatable bonds is 3. The van der Waals surface area contributed by atoms with Gasteiger partial charge in [0.1, 0.15) is 11.6 Å². The summed E-state index contributed by atoms with van der Waals surface area (Å²) in [5.41, 5.74) is 8.49. The van der Waals surface area contributed by atoms with Crippen molar-refractivity contribution in [3.63, 3.8) is 0 Å². The van der Waals surface area contributed by atoms with E-state index in [1.54, 1.807) is 0 Å². The third kappa shape index (κ3) is 3.62. The van der Waals surface area contributed by atoms with Gasteiger partial charge in [0, 0.05) is 25.2 Å². The first-order valence-corrected chi connectivity index (χ1v) is 9.61. The second-order valence-electron chi connectivity index (χ2n) is 7.38. The molecule has 2 aromatic rings. The van der Waals surface area contributed by atoms with Crippen LogP contribution in [0.1, 0.15) is 42.7 Å². The standard InChI is InChI=1S/C20H24N6O2/c1-12-5-7-13(8-6-12)22-19(28)14-11-15(27)23-18-16(14)17(21)24-20(25-18)26-9-3-2-4-10-26/h5-8,14H,2-4,9-11H2,1H3,(H,22,28)(H3,21,23,24,25,27)/t14-/m1/s1. The van der Waals surface area contributed by atoms with E-state index >= 15 is 0 Å². The SMILES string of the molecule is Cc1ccc(NC(=O)[C@@H]2CC(=O)Nc3nc(N4CCCCC4)nc(N)c32)cc1. The fourth-order valence-electron chi connectivity index (χ4n) is 3.71. The first-order chi connectivity index (χ1) is 13.5. The summed E-state index contributed by atoms with van der Waals surface area (Å²) in [7, 11) is 0. The summed E-state index contributed by atoms with van der Waals surface area (Å²) in [6, 6.07) is 7.49. The van der Waals surface area contributed by atoms with Gasteiger partial charge in [-0.05, 0) is 38.3 Å². The number of nitrogens with zero attached hydrogens (tertiary/aromatic N) is 3. The molecule has 1 aromatic carbocycles. The number of aromatic nitrogens is 2. The molecule has 1 atom stereocenters. The highest BCUT2D eigenvalue weighted by Gasteiger charge is 2.35. The molecule has 1 aromatic heterocycles. The Labute approximate surface area is 163 Å². The first-order valence-electron chi connectivity index (χ1n) is 9.61. The van der Waals surface area contributed by atoms with E-state index in [1.165, 1.54) is 6.42 Å². The fraction of sp³-hybridized carbons (Fsp3) is 0.400. The monoisotopic (exact) mass is 380 g/mol. The van der Waals surface area contributed by atoms with Crippen molar-refractivity contribution in [2.75, 3.05) is 34.4 Å². The van der Waals surface area contributed by atoms with Crippen LogP contribution in [0.5, 0.6) is 0 Å². The van der Waals surface area contributed by atoms with E-state index in [2.05, 4.69) is 25.5 Å². The molecule has 0 radical (unpaired) electrons. The molecule has 4 N–H and O–H groups in total. The van der Waals surface area contributed by atoms with E-state index in [0.717, 1.165) is 31.5 Å². The van der Waals surface area contributed by atoms with Gasteiger partial charge in [-0.15, -0.1) is 0 Å². The van der Waals surface area contributed by atoms with Crippen LogP contribution in [0, 0.1) is 6.92 Å². The Morgan fingerprint density at radius 1 is 1.18 bits per heavy atom. The number of aryl methyl sites for hydroxylation is 1. The van der Waals surface area contributed by atoms with Crippen LogP contribution in [0.4, 0.5) is 23.3 Å². The van der Waals surface area contributed by atoms with Crippen molar-refractivity contribution < 1.29 is 9.59 Å². The van der Waals surface area contributed by atoms with Gasteiger partial charge in [0.05, 0.1) is 11.5 Å². The van der Waals surface area contributed by atoms with Gasteiger partial charge in [0.25, 0.3) is 0 Å². The second-order valence-corrected chi connectivity index (χ2v) is 7.38. The number of fused-ring (bicyclic) bond motifs is 1. The van der Waals surface area contributed by atoms with Crippen LogP contribution in [-0.2, 0) is 9.59 Å². The quantitative estimate of drug-likeness (QED) is 0.754. The summed E-state index contributed by atoms with van der Waals surface area (Å²) in [6.45, 7) is 3.71. The van der Waals surface area contributed by atoms with Crippen LogP contribution < -0.4 is 21.3 Å². The number of benzene rings is 1. The first kappa shape index (κ1) is 18.2. The Kier molecular flexibility index (Phi) is 4.85. The lowest BCUT2D eigenvalue weighted by molar-refractivity contribution is -0.123. The molecular weight excluding hydrogens is 356 g/mol. The largest absolute Gasteiger partial charge is 0.383 e. The summed E-state index contributed by atoms with van der Waals surface area (Å²) in [6.07, 6.45) is 3.36. The maximum atomic E-state index is 12.9. The molecule has 3 heterocycles. The van der Waals surface area contributed by atoms with Crippen LogP contribution in [0.15, 0.2) is 24.3 Å². The lowest BCUT2D eigenvalue weighted by Gasteiger charge is -2.30. The van der Waals surface area contributed by atoms with E-state index in [0.29, 0.717) is 23.0 Å². The highest BCUT2D eigenvalue weighted by atomic mass is 16.2. The molecule has 0 spiro atoms. The molecule has 1 saturated heterocycles. The van der Waals surface area contributed by atoms with Gasteiger partial charge in [-0.1, -0.05) is 17.7 Å². The topological polar surface area (TPSA) is 113 Å². The van der Waals surface area contributed by atoms with Gasteiger partial charge in [-0.25, -0.2) is 0 Å². The third-order valence-electron chi connectivity index (χ3n) is 5.23. The van der Waals surface area contributed by atoms with Gasteiger partial charge in [-0.3, -0.25) is 9.59 Å². The third-order valence-corrected chi connectivity index (χ3v) is 5.23. The number of amides is 2. The van der Waals surface area contributed by atoms with Crippen molar-refractivity contribution >= 4 is 35.1 Å². The molecule has 0 saturated carbocycles. The number of nitrogens with one attached hydrogen (secondary N) is 2. The van der Waals surface area contributed by atoms with E-state index in [4.69, 9.17) is 5.73 Å². The van der Waals surface area contributed by atoms with Gasteiger partial charge < -0.3 is 21.3 Å². The summed E-state index contributed by atoms with van der Waals surface area (Å²) >= 11 is 0. The van der Waals surface area contributed by atoms with Crippen molar-refractivity contribution in [3.8, 4) is 0 Å². The highest BCUT2D eigenvalue weighted by Crippen LogP contribution is 2.36. The zero-order chi connectivity index (χ0) is 19.7. The lowest BCUT2D eigenvalue weighted by Crippen LogP contribution is -2.35. The van der Waals surface area contributed by atoms with E-state index in [1.807, 2.05) is 31.2 Å². The maximum Gasteiger partial charge on any atom is 0.232 e. The molecule has 4 rings (SSSR count). The average Bonchev–Trinajstić information content (AvgIpc) is 2.69. The van der Waals surface area contributed by atoms with Crippen molar-refractivity contribution in [1.82, 2.24) is 9.97 Å². The summed E-state index contributed by atoms with van der Waals surface area (Å²) in [5.74, 6) is -0.167. The fourth-order valence-corrected chi connectivity index (χ4v) is 3.71. The summed E-state index contributed by atoms with van der Waals surface area (Å²) in [5, 5.41) is 5.62. The minimum absolute atomic E-state index is 0.0152. The van der Waals surface area contributed by atoms with Crippen molar-refractivity contribution in [3.05, 3.63) is 35.4 Å². The lowest BCUT2D eigenvalue weighted by atomic mass is 9.91. The normalized spacial score (nSPS) is 19.0. The molecule has 146 valence electrons. The van der Waals surface area contributed by atoms with Gasteiger partial charge in [0.2, 0.25) is 17.8 Å². The maximum absolute atomic E-state index is 12.9. The predicted octanol–water partition coefficient (Wildman–Crippen LogP) is 2.42. The average molecular weight is 380 g/mol. The van der Waals surface area contributed by atoms with Crippen molar-refractivity contribution in [1.29, 1.82) is 0 Å². The molecule has 28 heavy (non-hydrogen) atoms. The Bertz CT molecular complexity index is 906. The number of nitrogens with two attached hydrogens (primary N) is 1. The molecular formula is C20H24N6O2. The van der Waals surface area contributed by atoms with E-state index in [-0.39, 0.29) is 24.1 Å². The molecule has 0 aliphatic carbocycles. The molecule has 0 bridgehead atoms. The Morgan fingerprint density at radius 3 is 2.61 bits per heavy atom. The highest BCUT2D eigenvalue weighted by molar-refractivity contribution is 6.05. The Morgan fingerprint density at radius 2 is 1.89 bits per heavy atom. The number of hydrogen-bond acceptors (Lipinski definition) is 6. The molecule has 2 aliphatic rings. The summed E-state index contributed by atoms with van der Waals surface area (Å²) < 4.78 is 0. The molecule has 2 amide bonds. The number of carbonyl (C=O) groups is 2. The van der Waals surface area contributed by atoms with E-state index < -0.39 is 5.92 Å². The molecule has 8 heteroatoms. The molecule has 0 unspecified atom stereocenters. The van der Waals surface area contributed by atoms with Crippen LogP contribution in [-0.4, -0.2) is 34.9 Å². The number of piperidine rings is 1. The number of nitrogen functional groups attached to an aromatic ring is 1. The number of hydrogen-bond donors (Lipinski definition) is 3. The molecule has 2 aliphatic heterocycles. The zero-order valence-corrected chi connectivity index (χ0v) is 15.9. The van der Waals surface area contributed by atoms with Gasteiger partial charge in [-0.2, -0.15) is 9.97 Å². The van der Waals surface area contributed by atoms with Crippen LogP contribution in [0.3, 0.4) is 0 Å². The van der Waals surface area contributed by atoms with Crippen LogP contribution >= 0.6 is 0 Å². The number of carbonyl (C=O) groups excluding carboxylic acids is 2. The number of anilines is 4. The van der Waals surface area contributed by atoms with Crippen LogP contribution in [0.25, 0.3) is 0 Å². The minimum Gasteiger partial charge on any atom is -0.383 e. The predicted molar refractivity (Wildman–Crippen MR) is 108 cm³/mol. The van der Waals surface area contributed by atoms with Crippen molar-refractivity contribution in [2.45, 2.75) is 38.5 Å². The van der Waals surface area contributed by atoms with Crippen molar-refractivity contribution in [2.24, 2.45) is 0 Å². The Hall–Kier alpha value is -3.16. The van der Waals surface area contributed by atoms with E-state index in [9.17, 15) is 9.59 Å². The smallest absolute Gasteiger partial charge is 0.232 e. The molecule has 1 fully saturated rings. The van der Waals surface area contributed by atoms with Crippen LogP contribution in [0.2, 0.25) is 0 Å². The van der Waals surface area contributed by atoms with Gasteiger partial charge in [0.15, 0.2) is 0 Å². The Balaban J connectivity index is 1.63.